The summed E-state index contributed by atoms with van der Waals surface area (Å²) in [5.74, 6) is -2.12. The second kappa shape index (κ2) is 14.1. The van der Waals surface area contributed by atoms with Crippen molar-refractivity contribution in [1.82, 2.24) is 21.3 Å². The van der Waals surface area contributed by atoms with Crippen LogP contribution >= 0.6 is 11.8 Å². The van der Waals surface area contributed by atoms with Crippen LogP contribution in [0.4, 0.5) is 0 Å². The SMILES string of the molecule is CC(=O)NCC(=O)N[C@H](CSCc1ccccc1)C(=O)N[C@@H](C(=O)N[C@H](C)C(N)=O)C(C)C. The standard InChI is InChI=1S/C22H33N5O5S/c1-13(2)19(22(32)25-14(3)20(23)30)27-21(31)17(26-18(29)10-24-15(4)28)12-33-11-16-8-6-5-7-9-16/h5-9,13-14,17,19H,10-12H2,1-4H3,(H2,23,30)(H,24,28)(H,25,32)(H,26,29)(H,27,31)/t14-,17-,19-/m1/s1. The van der Waals surface area contributed by atoms with E-state index in [4.69, 9.17) is 5.73 Å². The number of rotatable bonds is 13. The normalized spacial score (nSPS) is 13.4. The Morgan fingerprint density at radius 1 is 0.939 bits per heavy atom. The quantitative estimate of drug-likeness (QED) is 0.260. The molecule has 0 saturated heterocycles. The number of hydrogen-bond acceptors (Lipinski definition) is 6. The first-order valence-corrected chi connectivity index (χ1v) is 11.7. The maximum atomic E-state index is 13.0. The van der Waals surface area contributed by atoms with Crippen molar-refractivity contribution in [1.29, 1.82) is 0 Å². The van der Waals surface area contributed by atoms with E-state index in [1.807, 2.05) is 30.3 Å². The van der Waals surface area contributed by atoms with Gasteiger partial charge >= 0.3 is 0 Å². The maximum absolute atomic E-state index is 13.0. The molecule has 1 rings (SSSR count). The van der Waals surface area contributed by atoms with Gasteiger partial charge < -0.3 is 27.0 Å². The molecule has 0 fully saturated rings. The number of thioether (sulfide) groups is 1. The Hall–Kier alpha value is -3.08. The highest BCUT2D eigenvalue weighted by atomic mass is 32.2. The van der Waals surface area contributed by atoms with Gasteiger partial charge in [0.1, 0.15) is 18.1 Å². The summed E-state index contributed by atoms with van der Waals surface area (Å²) in [6.07, 6.45) is 0. The topological polar surface area (TPSA) is 159 Å². The molecule has 6 N–H and O–H groups in total. The molecule has 0 aliphatic carbocycles. The zero-order chi connectivity index (χ0) is 25.0. The molecule has 0 radical (unpaired) electrons. The van der Waals surface area contributed by atoms with Gasteiger partial charge in [0.25, 0.3) is 0 Å². The minimum absolute atomic E-state index is 0.247. The molecule has 0 aromatic heterocycles. The van der Waals surface area contributed by atoms with Crippen LogP contribution in [0.5, 0.6) is 0 Å². The molecule has 11 heteroatoms. The van der Waals surface area contributed by atoms with Crippen LogP contribution in [0.25, 0.3) is 0 Å². The van der Waals surface area contributed by atoms with E-state index in [9.17, 15) is 24.0 Å². The number of primary amides is 1. The summed E-state index contributed by atoms with van der Waals surface area (Å²) in [7, 11) is 0. The first kappa shape index (κ1) is 28.0. The summed E-state index contributed by atoms with van der Waals surface area (Å²) in [6, 6.07) is 6.86. The van der Waals surface area contributed by atoms with E-state index in [2.05, 4.69) is 21.3 Å². The largest absolute Gasteiger partial charge is 0.368 e. The summed E-state index contributed by atoms with van der Waals surface area (Å²) < 4.78 is 0. The third-order valence-corrected chi connectivity index (χ3v) is 5.68. The van der Waals surface area contributed by atoms with E-state index in [1.54, 1.807) is 13.8 Å². The monoisotopic (exact) mass is 479 g/mol. The zero-order valence-corrected chi connectivity index (χ0v) is 20.2. The fraction of sp³-hybridized carbons (Fsp3) is 0.500. The summed E-state index contributed by atoms with van der Waals surface area (Å²) >= 11 is 1.44. The van der Waals surface area contributed by atoms with Crippen LogP contribution in [-0.2, 0) is 29.7 Å². The van der Waals surface area contributed by atoms with Crippen LogP contribution < -0.4 is 27.0 Å². The summed E-state index contributed by atoms with van der Waals surface area (Å²) in [5, 5.41) is 10.1. The molecule has 0 unspecified atom stereocenters. The maximum Gasteiger partial charge on any atom is 0.244 e. The molecule has 5 amide bonds. The third kappa shape index (κ3) is 10.9. The molecular weight excluding hydrogens is 446 g/mol. The van der Waals surface area contributed by atoms with Crippen LogP contribution in [0.2, 0.25) is 0 Å². The molecule has 0 heterocycles. The van der Waals surface area contributed by atoms with Gasteiger partial charge in [-0.15, -0.1) is 0 Å². The van der Waals surface area contributed by atoms with Gasteiger partial charge in [0.05, 0.1) is 6.54 Å². The van der Waals surface area contributed by atoms with Crippen LogP contribution in [-0.4, -0.2) is 60.0 Å². The number of benzene rings is 1. The lowest BCUT2D eigenvalue weighted by molar-refractivity contribution is -0.133. The average molecular weight is 480 g/mol. The van der Waals surface area contributed by atoms with Gasteiger partial charge in [-0.3, -0.25) is 24.0 Å². The third-order valence-electron chi connectivity index (χ3n) is 4.58. The molecule has 0 aliphatic heterocycles. The van der Waals surface area contributed by atoms with E-state index in [0.29, 0.717) is 5.75 Å². The van der Waals surface area contributed by atoms with Crippen molar-refractivity contribution in [3.63, 3.8) is 0 Å². The number of hydrogen-bond donors (Lipinski definition) is 5. The van der Waals surface area contributed by atoms with E-state index in [-0.39, 0.29) is 24.1 Å². The molecular formula is C22H33N5O5S. The highest BCUT2D eigenvalue weighted by molar-refractivity contribution is 7.98. The lowest BCUT2D eigenvalue weighted by Crippen LogP contribution is -2.58. The van der Waals surface area contributed by atoms with Gasteiger partial charge in [-0.25, -0.2) is 0 Å². The van der Waals surface area contributed by atoms with Gasteiger partial charge in [-0.2, -0.15) is 11.8 Å². The van der Waals surface area contributed by atoms with Crippen LogP contribution in [0.3, 0.4) is 0 Å². The first-order chi connectivity index (χ1) is 15.5. The van der Waals surface area contributed by atoms with Gasteiger partial charge in [0.15, 0.2) is 0 Å². The van der Waals surface area contributed by atoms with Crippen LogP contribution in [0.1, 0.15) is 33.3 Å². The zero-order valence-electron chi connectivity index (χ0n) is 19.3. The smallest absolute Gasteiger partial charge is 0.244 e. The average Bonchev–Trinajstić information content (AvgIpc) is 2.75. The second-order valence-electron chi connectivity index (χ2n) is 7.89. The Bertz CT molecular complexity index is 834. The van der Waals surface area contributed by atoms with E-state index in [1.165, 1.54) is 25.6 Å². The minimum Gasteiger partial charge on any atom is -0.368 e. The fourth-order valence-electron chi connectivity index (χ4n) is 2.66. The van der Waals surface area contributed by atoms with E-state index < -0.39 is 41.8 Å². The minimum atomic E-state index is -0.942. The Balaban J connectivity index is 2.86. The summed E-state index contributed by atoms with van der Waals surface area (Å²) in [5.41, 5.74) is 6.26. The number of nitrogens with one attached hydrogen (secondary N) is 4. The molecule has 182 valence electrons. The highest BCUT2D eigenvalue weighted by Crippen LogP contribution is 2.13. The molecule has 33 heavy (non-hydrogen) atoms. The van der Waals surface area contributed by atoms with Crippen molar-refractivity contribution in [3.05, 3.63) is 35.9 Å². The van der Waals surface area contributed by atoms with Gasteiger partial charge in [-0.1, -0.05) is 44.2 Å². The van der Waals surface area contributed by atoms with Crippen molar-refractivity contribution in [3.8, 4) is 0 Å². The van der Waals surface area contributed by atoms with Gasteiger partial charge in [0, 0.05) is 18.4 Å². The molecule has 0 aliphatic rings. The Morgan fingerprint density at radius 2 is 1.58 bits per heavy atom. The van der Waals surface area contributed by atoms with Crippen molar-refractivity contribution < 1.29 is 24.0 Å². The predicted molar refractivity (Wildman–Crippen MR) is 127 cm³/mol. The van der Waals surface area contributed by atoms with Crippen molar-refractivity contribution >= 4 is 41.3 Å². The molecule has 1 aromatic rings. The number of amides is 5. The van der Waals surface area contributed by atoms with Crippen LogP contribution in [0.15, 0.2) is 30.3 Å². The molecule has 10 nitrogen and oxygen atoms in total. The fourth-order valence-corrected chi connectivity index (χ4v) is 3.68. The van der Waals surface area contributed by atoms with Crippen LogP contribution in [0, 0.1) is 5.92 Å². The van der Waals surface area contributed by atoms with Crippen molar-refractivity contribution in [2.75, 3.05) is 12.3 Å². The lowest BCUT2D eigenvalue weighted by Gasteiger charge is -2.26. The molecule has 0 saturated carbocycles. The second-order valence-corrected chi connectivity index (χ2v) is 8.92. The summed E-state index contributed by atoms with van der Waals surface area (Å²) in [4.78, 5) is 60.1. The number of carbonyl (C=O) groups is 5. The van der Waals surface area contributed by atoms with E-state index >= 15 is 0 Å². The molecule has 0 spiro atoms. The Kier molecular flexibility index (Phi) is 12.0. The highest BCUT2D eigenvalue weighted by Gasteiger charge is 2.30. The lowest BCUT2D eigenvalue weighted by atomic mass is 10.0. The Labute approximate surface area is 198 Å². The van der Waals surface area contributed by atoms with E-state index in [0.717, 1.165) is 5.56 Å². The number of nitrogens with two attached hydrogens (primary N) is 1. The number of carbonyl (C=O) groups excluding carboxylic acids is 5. The predicted octanol–water partition coefficient (Wildman–Crippen LogP) is -0.328. The van der Waals surface area contributed by atoms with Gasteiger partial charge in [-0.05, 0) is 18.4 Å². The summed E-state index contributed by atoms with van der Waals surface area (Å²) in [6.45, 7) is 5.95. The van der Waals surface area contributed by atoms with Crippen molar-refractivity contribution in [2.45, 2.75) is 51.6 Å². The Morgan fingerprint density at radius 3 is 2.12 bits per heavy atom. The molecule has 0 bridgehead atoms. The molecule has 3 atom stereocenters. The first-order valence-electron chi connectivity index (χ1n) is 10.6. The van der Waals surface area contributed by atoms with Crippen molar-refractivity contribution in [2.24, 2.45) is 11.7 Å². The van der Waals surface area contributed by atoms with Gasteiger partial charge in [0.2, 0.25) is 29.5 Å². The molecule has 1 aromatic carbocycles.